The number of nitrogens with zero attached hydrogens (tertiary/aromatic N) is 3. The molecule has 120 valence electrons. The van der Waals surface area contributed by atoms with Gasteiger partial charge in [0.1, 0.15) is 5.82 Å². The Labute approximate surface area is 130 Å². The Morgan fingerprint density at radius 2 is 1.90 bits per heavy atom. The molecule has 0 aliphatic heterocycles. The van der Waals surface area contributed by atoms with Crippen molar-refractivity contribution in [3.05, 3.63) is 17.7 Å². The first-order valence-corrected chi connectivity index (χ1v) is 8.33. The summed E-state index contributed by atoms with van der Waals surface area (Å²) in [6.45, 7) is 15.9. The van der Waals surface area contributed by atoms with Crippen molar-refractivity contribution in [3.63, 3.8) is 0 Å². The second kappa shape index (κ2) is 8.98. The summed E-state index contributed by atoms with van der Waals surface area (Å²) in [7, 11) is 0. The normalized spacial score (nSPS) is 11.4. The zero-order chi connectivity index (χ0) is 15.8. The highest BCUT2D eigenvalue weighted by molar-refractivity contribution is 5.49. The summed E-state index contributed by atoms with van der Waals surface area (Å²) in [5.74, 6) is 1.30. The summed E-state index contributed by atoms with van der Waals surface area (Å²) in [5, 5.41) is 3.49. The molecule has 1 aromatic heterocycles. The van der Waals surface area contributed by atoms with Crippen LogP contribution in [-0.2, 0) is 6.54 Å². The zero-order valence-electron chi connectivity index (χ0n) is 14.6. The highest BCUT2D eigenvalue weighted by atomic mass is 15.1. The average Bonchev–Trinajstić information content (AvgIpc) is 2.46. The maximum absolute atomic E-state index is 4.81. The van der Waals surface area contributed by atoms with Gasteiger partial charge in [-0.15, -0.1) is 0 Å². The van der Waals surface area contributed by atoms with E-state index in [0.717, 1.165) is 31.2 Å². The van der Waals surface area contributed by atoms with Gasteiger partial charge < -0.3 is 10.2 Å². The largest absolute Gasteiger partial charge is 0.369 e. The zero-order valence-corrected chi connectivity index (χ0v) is 14.6. The number of hydrogen-bond acceptors (Lipinski definition) is 4. The molecule has 0 amide bonds. The van der Waals surface area contributed by atoms with E-state index < -0.39 is 0 Å². The molecule has 0 saturated carbocycles. The number of nitrogens with one attached hydrogen (secondary N) is 1. The van der Waals surface area contributed by atoms with E-state index in [1.54, 1.807) is 0 Å². The van der Waals surface area contributed by atoms with Crippen LogP contribution in [0.4, 0.5) is 5.69 Å². The van der Waals surface area contributed by atoms with Gasteiger partial charge in [-0.05, 0) is 13.3 Å². The molecule has 0 spiro atoms. The topological polar surface area (TPSA) is 41.1 Å². The molecule has 0 aliphatic rings. The van der Waals surface area contributed by atoms with Gasteiger partial charge in [0.05, 0.1) is 17.6 Å². The minimum Gasteiger partial charge on any atom is -0.369 e. The lowest BCUT2D eigenvalue weighted by atomic mass is 10.2. The summed E-state index contributed by atoms with van der Waals surface area (Å²) in [5.41, 5.74) is 2.31. The summed E-state index contributed by atoms with van der Waals surface area (Å²) in [6, 6.07) is 0.459. The van der Waals surface area contributed by atoms with Gasteiger partial charge in [0, 0.05) is 31.6 Å². The molecule has 0 aliphatic carbocycles. The average molecular weight is 292 g/mol. The monoisotopic (exact) mass is 292 g/mol. The van der Waals surface area contributed by atoms with Crippen LogP contribution in [0, 0.1) is 0 Å². The van der Waals surface area contributed by atoms with E-state index in [1.165, 1.54) is 18.5 Å². The number of anilines is 1. The third kappa shape index (κ3) is 5.62. The lowest BCUT2D eigenvalue weighted by Crippen LogP contribution is -2.29. The maximum Gasteiger partial charge on any atom is 0.131 e. The Balaban J connectivity index is 3.03. The molecule has 0 radical (unpaired) electrons. The highest BCUT2D eigenvalue weighted by Crippen LogP contribution is 2.21. The van der Waals surface area contributed by atoms with Crippen LogP contribution in [0.3, 0.4) is 0 Å². The van der Waals surface area contributed by atoms with Crippen molar-refractivity contribution in [2.75, 3.05) is 18.0 Å². The molecule has 0 unspecified atom stereocenters. The predicted molar refractivity (Wildman–Crippen MR) is 90.9 cm³/mol. The molecule has 21 heavy (non-hydrogen) atoms. The van der Waals surface area contributed by atoms with E-state index in [2.05, 4.69) is 56.7 Å². The van der Waals surface area contributed by atoms with Crippen molar-refractivity contribution in [2.24, 2.45) is 0 Å². The van der Waals surface area contributed by atoms with Crippen LogP contribution in [0.25, 0.3) is 0 Å². The van der Waals surface area contributed by atoms with E-state index in [1.807, 2.05) is 6.20 Å². The Kier molecular flexibility index (Phi) is 7.65. The third-order valence-electron chi connectivity index (χ3n) is 3.56. The van der Waals surface area contributed by atoms with Gasteiger partial charge in [0.15, 0.2) is 0 Å². The maximum atomic E-state index is 4.81. The van der Waals surface area contributed by atoms with Crippen molar-refractivity contribution in [3.8, 4) is 0 Å². The molecule has 4 heteroatoms. The molecule has 0 atom stereocenters. The number of hydrogen-bond donors (Lipinski definition) is 1. The second-order valence-electron chi connectivity index (χ2n) is 6.18. The van der Waals surface area contributed by atoms with Gasteiger partial charge >= 0.3 is 0 Å². The Morgan fingerprint density at radius 1 is 1.19 bits per heavy atom. The van der Waals surface area contributed by atoms with Crippen molar-refractivity contribution in [1.29, 1.82) is 0 Å². The lowest BCUT2D eigenvalue weighted by Gasteiger charge is -2.25. The molecule has 4 nitrogen and oxygen atoms in total. The second-order valence-corrected chi connectivity index (χ2v) is 6.18. The first-order valence-electron chi connectivity index (χ1n) is 8.33. The SMILES string of the molecule is CCCCN(CC)c1cnc(C(C)C)nc1CNC(C)C. The highest BCUT2D eigenvalue weighted by Gasteiger charge is 2.14. The molecule has 0 saturated heterocycles. The van der Waals surface area contributed by atoms with Crippen LogP contribution in [0.2, 0.25) is 0 Å². The minimum absolute atomic E-state index is 0.363. The Bertz CT molecular complexity index is 415. The van der Waals surface area contributed by atoms with Gasteiger partial charge in [0.2, 0.25) is 0 Å². The van der Waals surface area contributed by atoms with E-state index in [9.17, 15) is 0 Å². The first kappa shape index (κ1) is 17.9. The number of aromatic nitrogens is 2. The van der Waals surface area contributed by atoms with Crippen molar-refractivity contribution in [2.45, 2.75) is 72.9 Å². The van der Waals surface area contributed by atoms with Crippen LogP contribution >= 0.6 is 0 Å². The summed E-state index contributed by atoms with van der Waals surface area (Å²) >= 11 is 0. The van der Waals surface area contributed by atoms with Crippen LogP contribution < -0.4 is 10.2 Å². The van der Waals surface area contributed by atoms with Crippen LogP contribution in [0.5, 0.6) is 0 Å². The fourth-order valence-corrected chi connectivity index (χ4v) is 2.20. The lowest BCUT2D eigenvalue weighted by molar-refractivity contribution is 0.575. The number of unbranched alkanes of at least 4 members (excludes halogenated alkanes) is 1. The smallest absolute Gasteiger partial charge is 0.131 e. The molecule has 0 bridgehead atoms. The molecule has 1 N–H and O–H groups in total. The molecule has 0 fully saturated rings. The van der Waals surface area contributed by atoms with E-state index in [4.69, 9.17) is 4.98 Å². The van der Waals surface area contributed by atoms with Crippen molar-refractivity contribution < 1.29 is 0 Å². The molecule has 1 rings (SSSR count). The fraction of sp³-hybridized carbons (Fsp3) is 0.765. The number of rotatable bonds is 9. The molecule has 1 heterocycles. The van der Waals surface area contributed by atoms with Gasteiger partial charge in [-0.1, -0.05) is 41.0 Å². The summed E-state index contributed by atoms with van der Waals surface area (Å²) in [4.78, 5) is 11.8. The van der Waals surface area contributed by atoms with Crippen LogP contribution in [0.15, 0.2) is 6.20 Å². The molecule has 0 aromatic carbocycles. The first-order chi connectivity index (χ1) is 9.99. The van der Waals surface area contributed by atoms with Gasteiger partial charge in [-0.3, -0.25) is 0 Å². The van der Waals surface area contributed by atoms with E-state index in [0.29, 0.717) is 12.0 Å². The quantitative estimate of drug-likeness (QED) is 0.753. The van der Waals surface area contributed by atoms with Crippen molar-refractivity contribution in [1.82, 2.24) is 15.3 Å². The Hall–Kier alpha value is -1.16. The summed E-state index contributed by atoms with van der Waals surface area (Å²) < 4.78 is 0. The molecular formula is C17H32N4. The van der Waals surface area contributed by atoms with Gasteiger partial charge in [-0.25, -0.2) is 9.97 Å². The van der Waals surface area contributed by atoms with Crippen molar-refractivity contribution >= 4 is 5.69 Å². The standard InChI is InChI=1S/C17H32N4/c1-7-9-10-21(8-2)16-12-19-17(13(3)4)20-15(16)11-18-14(5)6/h12-14,18H,7-11H2,1-6H3. The third-order valence-corrected chi connectivity index (χ3v) is 3.56. The molecular weight excluding hydrogens is 260 g/mol. The van der Waals surface area contributed by atoms with Crippen LogP contribution in [-0.4, -0.2) is 29.1 Å². The predicted octanol–water partition coefficient (Wildman–Crippen LogP) is 3.72. The van der Waals surface area contributed by atoms with E-state index >= 15 is 0 Å². The van der Waals surface area contributed by atoms with Gasteiger partial charge in [0.25, 0.3) is 0 Å². The Morgan fingerprint density at radius 3 is 2.43 bits per heavy atom. The van der Waals surface area contributed by atoms with E-state index in [-0.39, 0.29) is 0 Å². The minimum atomic E-state index is 0.363. The fourth-order valence-electron chi connectivity index (χ4n) is 2.20. The van der Waals surface area contributed by atoms with Crippen LogP contribution in [0.1, 0.15) is 71.8 Å². The molecule has 1 aromatic rings. The van der Waals surface area contributed by atoms with Gasteiger partial charge in [-0.2, -0.15) is 0 Å². The summed E-state index contributed by atoms with van der Waals surface area (Å²) in [6.07, 6.45) is 4.43.